The van der Waals surface area contributed by atoms with Crippen molar-refractivity contribution in [2.75, 3.05) is 19.7 Å². The van der Waals surface area contributed by atoms with E-state index < -0.39 is 42.5 Å². The van der Waals surface area contributed by atoms with Crippen LogP contribution in [0.15, 0.2) is 0 Å². The van der Waals surface area contributed by atoms with Gasteiger partial charge in [0.2, 0.25) is 17.7 Å². The first-order valence-corrected chi connectivity index (χ1v) is 10.4. The fraction of sp³-hybridized carbons (Fsp3) is 0.789. The molecular weight excluding hydrogens is 394 g/mol. The molecule has 174 valence electrons. The van der Waals surface area contributed by atoms with Crippen LogP contribution < -0.4 is 27.4 Å². The minimum Gasteiger partial charge on any atom is -0.480 e. The minimum absolute atomic E-state index is 0.00270. The summed E-state index contributed by atoms with van der Waals surface area (Å²) in [5, 5.41) is 25.7. The summed E-state index contributed by atoms with van der Waals surface area (Å²) in [4.78, 5) is 48.0. The summed E-state index contributed by atoms with van der Waals surface area (Å²) < 4.78 is 0. The Kier molecular flexibility index (Phi) is 15.3. The van der Waals surface area contributed by atoms with Crippen LogP contribution in [0.2, 0.25) is 0 Å². The van der Waals surface area contributed by atoms with Gasteiger partial charge in [0.15, 0.2) is 0 Å². The molecule has 30 heavy (non-hydrogen) atoms. The third kappa shape index (κ3) is 11.7. The van der Waals surface area contributed by atoms with Gasteiger partial charge in [-0.05, 0) is 32.4 Å². The number of amides is 3. The Hall–Kier alpha value is -2.24. The highest BCUT2D eigenvalue weighted by Crippen LogP contribution is 2.05. The average molecular weight is 432 g/mol. The van der Waals surface area contributed by atoms with Gasteiger partial charge in [-0.1, -0.05) is 32.6 Å². The van der Waals surface area contributed by atoms with E-state index in [0.717, 1.165) is 25.7 Å². The number of hydrogen-bond donors (Lipinski definition) is 7. The fourth-order valence-electron chi connectivity index (χ4n) is 2.75. The summed E-state index contributed by atoms with van der Waals surface area (Å²) in [5.41, 5.74) is 10.8. The first kappa shape index (κ1) is 27.8. The molecule has 9 N–H and O–H groups in total. The summed E-state index contributed by atoms with van der Waals surface area (Å²) >= 11 is 0. The molecule has 0 aliphatic carbocycles. The van der Waals surface area contributed by atoms with Crippen molar-refractivity contribution in [3.8, 4) is 0 Å². The molecule has 0 heterocycles. The van der Waals surface area contributed by atoms with E-state index in [0.29, 0.717) is 6.42 Å². The lowest BCUT2D eigenvalue weighted by molar-refractivity contribution is -0.142. The molecule has 0 radical (unpaired) electrons. The van der Waals surface area contributed by atoms with Crippen LogP contribution in [-0.2, 0) is 19.2 Å². The predicted molar refractivity (Wildman–Crippen MR) is 111 cm³/mol. The molecule has 3 atom stereocenters. The number of carboxylic acid groups (broad SMARTS) is 1. The minimum atomic E-state index is -1.37. The van der Waals surface area contributed by atoms with Crippen LogP contribution in [0.4, 0.5) is 0 Å². The van der Waals surface area contributed by atoms with E-state index >= 15 is 0 Å². The van der Waals surface area contributed by atoms with E-state index in [9.17, 15) is 24.3 Å². The Bertz CT molecular complexity index is 546. The topological polar surface area (TPSA) is 197 Å². The number of nitrogens with one attached hydrogen (secondary N) is 3. The Morgan fingerprint density at radius 1 is 0.800 bits per heavy atom. The molecule has 0 fully saturated rings. The number of aliphatic hydroxyl groups excluding tert-OH is 1. The van der Waals surface area contributed by atoms with Gasteiger partial charge < -0.3 is 37.6 Å². The van der Waals surface area contributed by atoms with Crippen LogP contribution in [0.25, 0.3) is 0 Å². The van der Waals surface area contributed by atoms with Crippen molar-refractivity contribution in [2.24, 2.45) is 11.5 Å². The molecule has 0 aromatic heterocycles. The lowest BCUT2D eigenvalue weighted by Gasteiger charge is -2.23. The van der Waals surface area contributed by atoms with Gasteiger partial charge in [-0.15, -0.1) is 0 Å². The third-order valence-electron chi connectivity index (χ3n) is 4.50. The molecule has 0 spiro atoms. The van der Waals surface area contributed by atoms with Crippen molar-refractivity contribution in [3.63, 3.8) is 0 Å². The quantitative estimate of drug-likeness (QED) is 0.136. The summed E-state index contributed by atoms with van der Waals surface area (Å²) in [6.45, 7) is 1.52. The smallest absolute Gasteiger partial charge is 0.326 e. The highest BCUT2D eigenvalue weighted by atomic mass is 16.4. The molecule has 0 aromatic rings. The Balaban J connectivity index is 4.78. The van der Waals surface area contributed by atoms with Crippen LogP contribution in [0.5, 0.6) is 0 Å². The van der Waals surface area contributed by atoms with Crippen molar-refractivity contribution in [1.29, 1.82) is 0 Å². The molecule has 0 aromatic carbocycles. The van der Waals surface area contributed by atoms with Crippen LogP contribution >= 0.6 is 0 Å². The second-order valence-corrected chi connectivity index (χ2v) is 7.08. The van der Waals surface area contributed by atoms with Crippen LogP contribution in [0.1, 0.15) is 58.3 Å². The summed E-state index contributed by atoms with van der Waals surface area (Å²) in [5.74, 6) is -3.11. The zero-order valence-electron chi connectivity index (χ0n) is 17.7. The third-order valence-corrected chi connectivity index (χ3v) is 4.50. The Morgan fingerprint density at radius 2 is 1.33 bits per heavy atom. The monoisotopic (exact) mass is 431 g/mol. The molecule has 0 saturated heterocycles. The number of nitrogens with two attached hydrogens (primary N) is 2. The van der Waals surface area contributed by atoms with Gasteiger partial charge in [0, 0.05) is 6.42 Å². The van der Waals surface area contributed by atoms with Gasteiger partial charge in [-0.3, -0.25) is 14.4 Å². The number of aliphatic hydroxyl groups is 1. The molecule has 0 aliphatic heterocycles. The summed E-state index contributed by atoms with van der Waals surface area (Å²) in [6, 6.07) is -3.57. The van der Waals surface area contributed by atoms with Crippen LogP contribution in [0.3, 0.4) is 0 Å². The lowest BCUT2D eigenvalue weighted by Crippen LogP contribution is -2.57. The first-order chi connectivity index (χ1) is 14.3. The molecule has 0 bridgehead atoms. The highest BCUT2D eigenvalue weighted by molar-refractivity contribution is 5.93. The lowest BCUT2D eigenvalue weighted by atomic mass is 10.1. The number of unbranched alkanes of at least 4 members (excludes halogenated alkanes) is 4. The van der Waals surface area contributed by atoms with Gasteiger partial charge in [-0.2, -0.15) is 0 Å². The zero-order chi connectivity index (χ0) is 22.9. The van der Waals surface area contributed by atoms with E-state index in [1.165, 1.54) is 0 Å². The molecule has 0 unspecified atom stereocenters. The number of aliphatic carboxylic acids is 1. The van der Waals surface area contributed by atoms with Gasteiger partial charge in [0.25, 0.3) is 0 Å². The van der Waals surface area contributed by atoms with E-state index in [1.54, 1.807) is 0 Å². The largest absolute Gasteiger partial charge is 0.480 e. The maximum atomic E-state index is 12.5. The second-order valence-electron chi connectivity index (χ2n) is 7.08. The second kappa shape index (κ2) is 16.5. The normalized spacial score (nSPS) is 13.7. The van der Waals surface area contributed by atoms with E-state index in [4.69, 9.17) is 16.6 Å². The summed E-state index contributed by atoms with van der Waals surface area (Å²) in [7, 11) is 0. The predicted octanol–water partition coefficient (Wildman–Crippen LogP) is -1.42. The average Bonchev–Trinajstić information content (AvgIpc) is 2.70. The summed E-state index contributed by atoms with van der Waals surface area (Å²) in [6.07, 6.45) is 5.32. The SMILES string of the molecule is CCCCCCCC(=O)N[C@@H](CCN)C(=O)N[C@@H](CO)C(=O)N[C@H](CCN)C(=O)O. The number of rotatable bonds is 17. The van der Waals surface area contributed by atoms with Gasteiger partial charge >= 0.3 is 5.97 Å². The van der Waals surface area contributed by atoms with Crippen molar-refractivity contribution in [2.45, 2.75) is 76.4 Å². The van der Waals surface area contributed by atoms with Gasteiger partial charge in [0.05, 0.1) is 6.61 Å². The molecule has 0 aliphatic rings. The number of hydrogen-bond acceptors (Lipinski definition) is 7. The van der Waals surface area contributed by atoms with Crippen LogP contribution in [0, 0.1) is 0 Å². The van der Waals surface area contributed by atoms with Gasteiger partial charge in [0.1, 0.15) is 18.1 Å². The number of carbonyl (C=O) groups is 4. The maximum absolute atomic E-state index is 12.5. The standard InChI is InChI=1S/C19H37N5O6/c1-2-3-4-5-6-7-16(26)22-13(8-10-20)17(27)24-15(12-25)18(28)23-14(9-11-21)19(29)30/h13-15,25H,2-12,20-21H2,1H3,(H,22,26)(H,23,28)(H,24,27)(H,29,30)/t13-,14+,15-/m0/s1. The molecular formula is C19H37N5O6. The van der Waals surface area contributed by atoms with E-state index in [1.807, 2.05) is 0 Å². The number of carboxylic acids is 1. The van der Waals surface area contributed by atoms with Crippen molar-refractivity contribution < 1.29 is 29.4 Å². The molecule has 0 rings (SSSR count). The Morgan fingerprint density at radius 3 is 1.87 bits per heavy atom. The Labute approximate surface area is 177 Å². The van der Waals surface area contributed by atoms with Crippen molar-refractivity contribution >= 4 is 23.7 Å². The zero-order valence-corrected chi connectivity index (χ0v) is 17.7. The van der Waals surface area contributed by atoms with Crippen molar-refractivity contribution in [1.82, 2.24) is 16.0 Å². The highest BCUT2D eigenvalue weighted by Gasteiger charge is 2.28. The van der Waals surface area contributed by atoms with Crippen LogP contribution in [-0.4, -0.2) is 71.7 Å². The first-order valence-electron chi connectivity index (χ1n) is 10.4. The maximum Gasteiger partial charge on any atom is 0.326 e. The molecule has 11 heteroatoms. The van der Waals surface area contributed by atoms with Crippen molar-refractivity contribution in [3.05, 3.63) is 0 Å². The van der Waals surface area contributed by atoms with Gasteiger partial charge in [-0.25, -0.2) is 4.79 Å². The van der Waals surface area contributed by atoms with E-state index in [2.05, 4.69) is 22.9 Å². The molecule has 3 amide bonds. The number of carbonyl (C=O) groups excluding carboxylic acids is 3. The molecule has 11 nitrogen and oxygen atoms in total. The van der Waals surface area contributed by atoms with E-state index in [-0.39, 0.29) is 38.3 Å². The fourth-order valence-corrected chi connectivity index (χ4v) is 2.75. The molecule has 0 saturated carbocycles.